The second-order valence-electron chi connectivity index (χ2n) is 5.38. The first-order valence-corrected chi connectivity index (χ1v) is 7.22. The zero-order chi connectivity index (χ0) is 14.9. The van der Waals surface area contributed by atoms with Crippen molar-refractivity contribution in [1.29, 1.82) is 0 Å². The van der Waals surface area contributed by atoms with Gasteiger partial charge >= 0.3 is 0 Å². The Bertz CT molecular complexity index is 776. The van der Waals surface area contributed by atoms with Gasteiger partial charge in [0.15, 0.2) is 5.82 Å². The molecule has 0 bridgehead atoms. The lowest BCUT2D eigenvalue weighted by Gasteiger charge is -2.05. The van der Waals surface area contributed by atoms with E-state index in [1.54, 1.807) is 21.8 Å². The SMILES string of the molecule is Fc1cccc(-n2nc(C3CC3)nc2CCn2cnnn2)c1. The van der Waals surface area contributed by atoms with E-state index in [2.05, 4.69) is 25.6 Å². The average Bonchev–Trinajstić information content (AvgIpc) is 3.08. The Morgan fingerprint density at radius 1 is 1.27 bits per heavy atom. The van der Waals surface area contributed by atoms with Crippen molar-refractivity contribution in [2.45, 2.75) is 31.7 Å². The van der Waals surface area contributed by atoms with Crippen LogP contribution >= 0.6 is 0 Å². The van der Waals surface area contributed by atoms with Crippen molar-refractivity contribution in [3.8, 4) is 5.69 Å². The first-order valence-electron chi connectivity index (χ1n) is 7.22. The van der Waals surface area contributed by atoms with Crippen LogP contribution in [0.25, 0.3) is 5.69 Å². The molecule has 3 aromatic rings. The number of hydrogen-bond donors (Lipinski definition) is 0. The van der Waals surface area contributed by atoms with E-state index in [1.807, 2.05) is 6.07 Å². The Labute approximate surface area is 125 Å². The van der Waals surface area contributed by atoms with E-state index in [1.165, 1.54) is 12.1 Å². The lowest BCUT2D eigenvalue weighted by Crippen LogP contribution is -2.08. The van der Waals surface area contributed by atoms with Gasteiger partial charge in [-0.25, -0.2) is 18.7 Å². The van der Waals surface area contributed by atoms with Crippen LogP contribution in [0.1, 0.15) is 30.4 Å². The second kappa shape index (κ2) is 5.28. The largest absolute Gasteiger partial charge is 0.232 e. The van der Waals surface area contributed by atoms with Gasteiger partial charge in [0, 0.05) is 12.3 Å². The average molecular weight is 299 g/mol. The molecule has 0 atom stereocenters. The molecular formula is C14H14FN7. The van der Waals surface area contributed by atoms with Crippen molar-refractivity contribution in [1.82, 2.24) is 35.0 Å². The monoisotopic (exact) mass is 299 g/mol. The number of benzene rings is 1. The van der Waals surface area contributed by atoms with Gasteiger partial charge in [0.2, 0.25) is 0 Å². The van der Waals surface area contributed by atoms with E-state index in [4.69, 9.17) is 0 Å². The van der Waals surface area contributed by atoms with Crippen LogP contribution in [0.5, 0.6) is 0 Å². The lowest BCUT2D eigenvalue weighted by molar-refractivity contribution is 0.569. The van der Waals surface area contributed by atoms with Crippen LogP contribution in [0.3, 0.4) is 0 Å². The predicted molar refractivity (Wildman–Crippen MR) is 74.8 cm³/mol. The van der Waals surface area contributed by atoms with Gasteiger partial charge < -0.3 is 0 Å². The fraction of sp³-hybridized carbons (Fsp3) is 0.357. The maximum Gasteiger partial charge on any atom is 0.154 e. The zero-order valence-corrected chi connectivity index (χ0v) is 11.8. The third-order valence-corrected chi connectivity index (χ3v) is 3.64. The van der Waals surface area contributed by atoms with Gasteiger partial charge in [-0.15, -0.1) is 5.10 Å². The van der Waals surface area contributed by atoms with E-state index < -0.39 is 0 Å². The molecule has 8 heteroatoms. The van der Waals surface area contributed by atoms with E-state index >= 15 is 0 Å². The summed E-state index contributed by atoms with van der Waals surface area (Å²) in [4.78, 5) is 4.63. The number of aromatic nitrogens is 7. The topological polar surface area (TPSA) is 74.3 Å². The van der Waals surface area contributed by atoms with Gasteiger partial charge in [0.25, 0.3) is 0 Å². The molecule has 0 N–H and O–H groups in total. The molecule has 4 rings (SSSR count). The van der Waals surface area contributed by atoms with Crippen molar-refractivity contribution in [3.05, 3.63) is 48.1 Å². The molecule has 0 radical (unpaired) electrons. The molecule has 1 saturated carbocycles. The van der Waals surface area contributed by atoms with Gasteiger partial charge in [-0.1, -0.05) is 6.07 Å². The van der Waals surface area contributed by atoms with Gasteiger partial charge in [-0.3, -0.25) is 0 Å². The Hall–Kier alpha value is -2.64. The number of hydrogen-bond acceptors (Lipinski definition) is 5. The second-order valence-corrected chi connectivity index (χ2v) is 5.38. The lowest BCUT2D eigenvalue weighted by atomic mass is 10.3. The first kappa shape index (κ1) is 13.1. The molecule has 0 saturated heterocycles. The fourth-order valence-corrected chi connectivity index (χ4v) is 2.35. The highest BCUT2D eigenvalue weighted by Crippen LogP contribution is 2.38. The molecule has 1 aliphatic carbocycles. The highest BCUT2D eigenvalue weighted by Gasteiger charge is 2.29. The quantitative estimate of drug-likeness (QED) is 0.714. The summed E-state index contributed by atoms with van der Waals surface area (Å²) in [7, 11) is 0. The van der Waals surface area contributed by atoms with E-state index in [0.29, 0.717) is 24.6 Å². The highest BCUT2D eigenvalue weighted by atomic mass is 19.1. The summed E-state index contributed by atoms with van der Waals surface area (Å²) < 4.78 is 16.8. The minimum Gasteiger partial charge on any atom is -0.232 e. The number of rotatable bonds is 5. The van der Waals surface area contributed by atoms with Crippen molar-refractivity contribution >= 4 is 0 Å². The number of aryl methyl sites for hydroxylation is 2. The maximum absolute atomic E-state index is 13.5. The van der Waals surface area contributed by atoms with Crippen LogP contribution in [-0.2, 0) is 13.0 Å². The molecule has 112 valence electrons. The normalized spacial score (nSPS) is 14.4. The molecule has 7 nitrogen and oxygen atoms in total. The summed E-state index contributed by atoms with van der Waals surface area (Å²) in [5, 5.41) is 15.6. The van der Waals surface area contributed by atoms with Gasteiger partial charge in [0.1, 0.15) is 18.0 Å². The Kier molecular flexibility index (Phi) is 3.14. The molecule has 1 aliphatic rings. The standard InChI is InChI=1S/C14H14FN7/c15-11-2-1-3-12(8-11)22-13(6-7-21-9-16-19-20-21)17-14(18-22)10-4-5-10/h1-3,8-10H,4-7H2. The maximum atomic E-state index is 13.5. The molecule has 0 unspecified atom stereocenters. The number of tetrazole rings is 1. The molecule has 0 amide bonds. The summed E-state index contributed by atoms with van der Waals surface area (Å²) in [6.07, 6.45) is 4.44. The van der Waals surface area contributed by atoms with Crippen LogP contribution < -0.4 is 0 Å². The summed E-state index contributed by atoms with van der Waals surface area (Å²) in [6.45, 7) is 0.602. The fourth-order valence-electron chi connectivity index (χ4n) is 2.35. The Morgan fingerprint density at radius 2 is 2.18 bits per heavy atom. The van der Waals surface area contributed by atoms with E-state index in [0.717, 1.165) is 24.5 Å². The zero-order valence-electron chi connectivity index (χ0n) is 11.8. The molecular weight excluding hydrogens is 285 g/mol. The van der Waals surface area contributed by atoms with Gasteiger partial charge in [-0.05, 0) is 41.5 Å². The minimum atomic E-state index is -0.285. The summed E-state index contributed by atoms with van der Waals surface area (Å²) in [5.74, 6) is 1.80. The number of halogens is 1. The van der Waals surface area contributed by atoms with Crippen LogP contribution in [0.4, 0.5) is 4.39 Å². The van der Waals surface area contributed by atoms with Crippen LogP contribution in [-0.4, -0.2) is 35.0 Å². The highest BCUT2D eigenvalue weighted by molar-refractivity contribution is 5.32. The molecule has 0 spiro atoms. The van der Waals surface area contributed by atoms with Crippen LogP contribution in [0, 0.1) is 5.82 Å². The number of nitrogens with zero attached hydrogens (tertiary/aromatic N) is 7. The minimum absolute atomic E-state index is 0.285. The van der Waals surface area contributed by atoms with Crippen molar-refractivity contribution in [2.24, 2.45) is 0 Å². The van der Waals surface area contributed by atoms with E-state index in [-0.39, 0.29) is 5.82 Å². The predicted octanol–water partition coefficient (Wildman–Crippen LogP) is 1.51. The molecule has 2 aromatic heterocycles. The molecule has 1 aromatic carbocycles. The van der Waals surface area contributed by atoms with Crippen molar-refractivity contribution < 1.29 is 4.39 Å². The van der Waals surface area contributed by atoms with Crippen molar-refractivity contribution in [2.75, 3.05) is 0 Å². The Balaban J connectivity index is 1.66. The van der Waals surface area contributed by atoms with E-state index in [9.17, 15) is 4.39 Å². The Morgan fingerprint density at radius 3 is 2.91 bits per heavy atom. The molecule has 22 heavy (non-hydrogen) atoms. The third kappa shape index (κ3) is 2.59. The molecule has 0 aliphatic heterocycles. The third-order valence-electron chi connectivity index (χ3n) is 3.64. The van der Waals surface area contributed by atoms with Gasteiger partial charge in [-0.2, -0.15) is 5.10 Å². The summed E-state index contributed by atoms with van der Waals surface area (Å²) >= 11 is 0. The summed E-state index contributed by atoms with van der Waals surface area (Å²) in [6, 6.07) is 6.39. The van der Waals surface area contributed by atoms with Crippen LogP contribution in [0.15, 0.2) is 30.6 Å². The van der Waals surface area contributed by atoms with Crippen molar-refractivity contribution in [3.63, 3.8) is 0 Å². The molecule has 1 fully saturated rings. The summed E-state index contributed by atoms with van der Waals surface area (Å²) in [5.41, 5.74) is 0.686. The van der Waals surface area contributed by atoms with Crippen LogP contribution in [0.2, 0.25) is 0 Å². The van der Waals surface area contributed by atoms with Gasteiger partial charge in [0.05, 0.1) is 12.2 Å². The first-order chi connectivity index (χ1) is 10.8. The smallest absolute Gasteiger partial charge is 0.154 e. The molecule has 2 heterocycles.